The summed E-state index contributed by atoms with van der Waals surface area (Å²) < 4.78 is 18.8. The van der Waals surface area contributed by atoms with Crippen LogP contribution in [0.3, 0.4) is 0 Å². The van der Waals surface area contributed by atoms with E-state index in [0.717, 1.165) is 26.0 Å². The second kappa shape index (κ2) is 8.50. The van der Waals surface area contributed by atoms with E-state index < -0.39 is 0 Å². The number of ether oxygens (including phenoxy) is 1. The minimum absolute atomic E-state index is 0.159. The van der Waals surface area contributed by atoms with E-state index in [0.29, 0.717) is 18.1 Å². The summed E-state index contributed by atoms with van der Waals surface area (Å²) in [7, 11) is 0. The highest BCUT2D eigenvalue weighted by molar-refractivity contribution is 5.20. The van der Waals surface area contributed by atoms with Crippen LogP contribution in [0.25, 0.3) is 0 Å². The van der Waals surface area contributed by atoms with Crippen molar-refractivity contribution in [1.29, 1.82) is 0 Å². The molecule has 1 fully saturated rings. The second-order valence-electron chi connectivity index (χ2n) is 6.38. The molecule has 0 spiro atoms. The Morgan fingerprint density at radius 3 is 2.67 bits per heavy atom. The van der Waals surface area contributed by atoms with Gasteiger partial charge in [-0.2, -0.15) is 0 Å². The fourth-order valence-corrected chi connectivity index (χ4v) is 2.96. The first-order valence-electron chi connectivity index (χ1n) is 8.25. The number of hydrogen-bond acceptors (Lipinski definition) is 2. The van der Waals surface area contributed by atoms with Gasteiger partial charge in [-0.3, -0.25) is 0 Å². The maximum Gasteiger partial charge on any atom is 0.123 e. The van der Waals surface area contributed by atoms with E-state index in [4.69, 9.17) is 4.74 Å². The van der Waals surface area contributed by atoms with Gasteiger partial charge in [-0.25, -0.2) is 4.39 Å². The third kappa shape index (κ3) is 5.76. The minimum atomic E-state index is -0.159. The van der Waals surface area contributed by atoms with Crippen LogP contribution in [0.4, 0.5) is 4.39 Å². The van der Waals surface area contributed by atoms with Crippen molar-refractivity contribution in [2.24, 2.45) is 0 Å². The van der Waals surface area contributed by atoms with Crippen molar-refractivity contribution in [3.8, 4) is 0 Å². The molecular formula is C18H28FNO. The largest absolute Gasteiger partial charge is 0.378 e. The normalized spacial score (nSPS) is 20.1. The SMILES string of the molecule is CC(C)NCC(CCCC1CCCO1)c1ccc(F)cc1. The third-order valence-electron chi connectivity index (χ3n) is 4.22. The van der Waals surface area contributed by atoms with E-state index in [1.54, 1.807) is 12.1 Å². The molecule has 21 heavy (non-hydrogen) atoms. The van der Waals surface area contributed by atoms with Gasteiger partial charge in [0.15, 0.2) is 0 Å². The molecule has 1 heterocycles. The van der Waals surface area contributed by atoms with Crippen molar-refractivity contribution in [2.45, 2.75) is 64.0 Å². The summed E-state index contributed by atoms with van der Waals surface area (Å²) in [6, 6.07) is 7.46. The molecule has 1 aliphatic heterocycles. The second-order valence-corrected chi connectivity index (χ2v) is 6.38. The van der Waals surface area contributed by atoms with Crippen LogP contribution in [0, 0.1) is 5.82 Å². The van der Waals surface area contributed by atoms with Crippen LogP contribution < -0.4 is 5.32 Å². The highest BCUT2D eigenvalue weighted by Gasteiger charge is 2.17. The Morgan fingerprint density at radius 1 is 1.29 bits per heavy atom. The van der Waals surface area contributed by atoms with Gasteiger partial charge in [0.1, 0.15) is 5.82 Å². The first-order valence-corrected chi connectivity index (χ1v) is 8.25. The van der Waals surface area contributed by atoms with E-state index >= 15 is 0 Å². The van der Waals surface area contributed by atoms with Crippen LogP contribution in [0.5, 0.6) is 0 Å². The summed E-state index contributed by atoms with van der Waals surface area (Å²) >= 11 is 0. The van der Waals surface area contributed by atoms with Gasteiger partial charge in [-0.05, 0) is 49.3 Å². The predicted octanol–water partition coefficient (Wildman–Crippen LogP) is 4.26. The molecule has 3 heteroatoms. The third-order valence-corrected chi connectivity index (χ3v) is 4.22. The van der Waals surface area contributed by atoms with Gasteiger partial charge >= 0.3 is 0 Å². The predicted molar refractivity (Wildman–Crippen MR) is 85.1 cm³/mol. The fourth-order valence-electron chi connectivity index (χ4n) is 2.96. The van der Waals surface area contributed by atoms with Crippen molar-refractivity contribution >= 4 is 0 Å². The maximum absolute atomic E-state index is 13.1. The van der Waals surface area contributed by atoms with Crippen molar-refractivity contribution < 1.29 is 9.13 Å². The molecule has 0 radical (unpaired) electrons. The molecule has 0 bridgehead atoms. The van der Waals surface area contributed by atoms with E-state index in [-0.39, 0.29) is 5.82 Å². The molecule has 118 valence electrons. The monoisotopic (exact) mass is 293 g/mol. The molecule has 1 N–H and O–H groups in total. The van der Waals surface area contributed by atoms with E-state index in [1.165, 1.54) is 24.8 Å². The lowest BCUT2D eigenvalue weighted by Gasteiger charge is -2.20. The van der Waals surface area contributed by atoms with Gasteiger partial charge in [-0.1, -0.05) is 32.4 Å². The quantitative estimate of drug-likeness (QED) is 0.773. The van der Waals surface area contributed by atoms with Crippen LogP contribution in [0.2, 0.25) is 0 Å². The molecule has 2 rings (SSSR count). The number of nitrogens with one attached hydrogen (secondary N) is 1. The highest BCUT2D eigenvalue weighted by Crippen LogP contribution is 2.25. The maximum atomic E-state index is 13.1. The van der Waals surface area contributed by atoms with Crippen LogP contribution in [-0.2, 0) is 4.74 Å². The Labute approximate surface area is 128 Å². The minimum Gasteiger partial charge on any atom is -0.378 e. The summed E-state index contributed by atoms with van der Waals surface area (Å²) in [4.78, 5) is 0. The molecular weight excluding hydrogens is 265 g/mol. The van der Waals surface area contributed by atoms with E-state index in [9.17, 15) is 4.39 Å². The van der Waals surface area contributed by atoms with E-state index in [1.807, 2.05) is 12.1 Å². The molecule has 1 saturated heterocycles. The van der Waals surface area contributed by atoms with Gasteiger partial charge in [-0.15, -0.1) is 0 Å². The van der Waals surface area contributed by atoms with Crippen LogP contribution in [0.15, 0.2) is 24.3 Å². The number of halogens is 1. The topological polar surface area (TPSA) is 21.3 Å². The molecule has 0 amide bonds. The van der Waals surface area contributed by atoms with Crippen molar-refractivity contribution in [3.05, 3.63) is 35.6 Å². The standard InChI is InChI=1S/C18H28FNO/c1-14(2)20-13-16(15-8-10-17(19)11-9-15)5-3-6-18-7-4-12-21-18/h8-11,14,16,18,20H,3-7,12-13H2,1-2H3. The lowest BCUT2D eigenvalue weighted by Crippen LogP contribution is -2.28. The molecule has 1 aromatic carbocycles. The Morgan fingerprint density at radius 2 is 2.05 bits per heavy atom. The fraction of sp³-hybridized carbons (Fsp3) is 0.667. The molecule has 2 nitrogen and oxygen atoms in total. The lowest BCUT2D eigenvalue weighted by atomic mass is 9.92. The average molecular weight is 293 g/mol. The lowest BCUT2D eigenvalue weighted by molar-refractivity contribution is 0.101. The first-order chi connectivity index (χ1) is 10.1. The molecule has 1 aromatic rings. The van der Waals surface area contributed by atoms with Gasteiger partial charge in [0.05, 0.1) is 6.10 Å². The molecule has 0 aliphatic carbocycles. The molecule has 2 unspecified atom stereocenters. The average Bonchev–Trinajstić information content (AvgIpc) is 2.97. The van der Waals surface area contributed by atoms with Crippen LogP contribution in [-0.4, -0.2) is 25.3 Å². The number of benzene rings is 1. The Hall–Kier alpha value is -0.930. The number of rotatable bonds is 8. The Bertz CT molecular complexity index is 398. The van der Waals surface area contributed by atoms with Crippen molar-refractivity contribution in [2.75, 3.05) is 13.2 Å². The summed E-state index contributed by atoms with van der Waals surface area (Å²) in [6.07, 6.45) is 6.35. The van der Waals surface area contributed by atoms with Gasteiger partial charge in [0, 0.05) is 19.2 Å². The Balaban J connectivity index is 1.86. The molecule has 1 aliphatic rings. The van der Waals surface area contributed by atoms with Gasteiger partial charge in [0.25, 0.3) is 0 Å². The summed E-state index contributed by atoms with van der Waals surface area (Å²) in [5.74, 6) is 0.295. The van der Waals surface area contributed by atoms with Crippen molar-refractivity contribution in [3.63, 3.8) is 0 Å². The summed E-state index contributed by atoms with van der Waals surface area (Å²) in [5, 5.41) is 3.51. The van der Waals surface area contributed by atoms with Gasteiger partial charge < -0.3 is 10.1 Å². The first kappa shape index (κ1) is 16.4. The summed E-state index contributed by atoms with van der Waals surface area (Å²) in [6.45, 7) is 6.21. The molecule has 0 aromatic heterocycles. The zero-order chi connectivity index (χ0) is 15.1. The smallest absolute Gasteiger partial charge is 0.123 e. The Kier molecular flexibility index (Phi) is 6.65. The molecule has 2 atom stereocenters. The van der Waals surface area contributed by atoms with Crippen LogP contribution >= 0.6 is 0 Å². The highest BCUT2D eigenvalue weighted by atomic mass is 19.1. The number of hydrogen-bond donors (Lipinski definition) is 1. The molecule has 0 saturated carbocycles. The zero-order valence-electron chi connectivity index (χ0n) is 13.3. The van der Waals surface area contributed by atoms with E-state index in [2.05, 4.69) is 19.2 Å². The summed E-state index contributed by atoms with van der Waals surface area (Å²) in [5.41, 5.74) is 1.23. The van der Waals surface area contributed by atoms with Crippen LogP contribution in [0.1, 0.15) is 57.4 Å². The van der Waals surface area contributed by atoms with Crippen molar-refractivity contribution in [1.82, 2.24) is 5.32 Å². The van der Waals surface area contributed by atoms with Gasteiger partial charge in [0.2, 0.25) is 0 Å². The zero-order valence-corrected chi connectivity index (χ0v) is 13.3.